The van der Waals surface area contributed by atoms with Gasteiger partial charge in [-0.15, -0.1) is 0 Å². The molecule has 1 aliphatic rings. The van der Waals surface area contributed by atoms with Gasteiger partial charge in [0.1, 0.15) is 18.1 Å². The van der Waals surface area contributed by atoms with E-state index in [2.05, 4.69) is 20.6 Å². The number of carboxylic acids is 1. The third-order valence-corrected chi connectivity index (χ3v) is 4.70. The Morgan fingerprint density at radius 1 is 1.34 bits per heavy atom. The molecule has 2 rings (SSSR count). The van der Waals surface area contributed by atoms with E-state index in [-0.39, 0.29) is 6.42 Å². The van der Waals surface area contributed by atoms with Crippen LogP contribution in [0.1, 0.15) is 25.5 Å². The number of amides is 3. The quantitative estimate of drug-likeness (QED) is 0.254. The van der Waals surface area contributed by atoms with Crippen molar-refractivity contribution in [1.82, 2.24) is 25.5 Å². The number of aliphatic hydroxyl groups excluding tert-OH is 1. The average molecular weight is 410 g/mol. The molecule has 1 fully saturated rings. The number of carboxylic acid groups (broad SMARTS) is 1. The van der Waals surface area contributed by atoms with Crippen LogP contribution in [0.3, 0.4) is 0 Å². The lowest BCUT2D eigenvalue weighted by Gasteiger charge is -2.26. The number of hydrogen-bond donors (Lipinski definition) is 6. The average Bonchev–Trinajstić information content (AvgIpc) is 3.36. The van der Waals surface area contributed by atoms with Gasteiger partial charge in [-0.1, -0.05) is 0 Å². The van der Waals surface area contributed by atoms with Crippen molar-refractivity contribution in [3.63, 3.8) is 0 Å². The number of rotatable bonds is 9. The van der Waals surface area contributed by atoms with Gasteiger partial charge in [0.25, 0.3) is 0 Å². The molecule has 12 nitrogen and oxygen atoms in total. The van der Waals surface area contributed by atoms with Gasteiger partial charge >= 0.3 is 5.97 Å². The zero-order chi connectivity index (χ0) is 21.6. The fourth-order valence-corrected chi connectivity index (χ4v) is 3.11. The number of aliphatic carboxylic acids is 1. The fourth-order valence-electron chi connectivity index (χ4n) is 3.11. The Balaban J connectivity index is 1.90. The smallest absolute Gasteiger partial charge is 0.326 e. The summed E-state index contributed by atoms with van der Waals surface area (Å²) in [6, 6.07) is -4.22. The number of carbonyl (C=O) groups is 4. The first-order chi connectivity index (χ1) is 13.7. The first kappa shape index (κ1) is 22.3. The number of H-pyrrole nitrogens is 1. The Morgan fingerprint density at radius 2 is 2.07 bits per heavy atom. The van der Waals surface area contributed by atoms with Crippen molar-refractivity contribution >= 4 is 23.7 Å². The summed E-state index contributed by atoms with van der Waals surface area (Å²) in [5.41, 5.74) is 6.43. The highest BCUT2D eigenvalue weighted by atomic mass is 16.4. The second-order valence-corrected chi connectivity index (χ2v) is 6.89. The maximum absolute atomic E-state index is 12.5. The second-order valence-electron chi connectivity index (χ2n) is 6.89. The first-order valence-corrected chi connectivity index (χ1v) is 9.22. The van der Waals surface area contributed by atoms with Crippen LogP contribution in [0.5, 0.6) is 0 Å². The molecular formula is C17H26N6O6. The number of nitrogens with one attached hydrogen (secondary N) is 3. The Labute approximate surface area is 166 Å². The van der Waals surface area contributed by atoms with Crippen molar-refractivity contribution in [2.24, 2.45) is 5.73 Å². The molecule has 29 heavy (non-hydrogen) atoms. The predicted molar refractivity (Wildman–Crippen MR) is 99.3 cm³/mol. The van der Waals surface area contributed by atoms with Crippen molar-refractivity contribution in [3.8, 4) is 0 Å². The van der Waals surface area contributed by atoms with E-state index in [1.54, 1.807) is 0 Å². The fraction of sp³-hybridized carbons (Fsp3) is 0.588. The molecule has 4 unspecified atom stereocenters. The molecule has 160 valence electrons. The summed E-state index contributed by atoms with van der Waals surface area (Å²) in [6.07, 6.45) is 4.03. The van der Waals surface area contributed by atoms with Crippen LogP contribution in [0.2, 0.25) is 0 Å². The van der Waals surface area contributed by atoms with E-state index in [0.717, 1.165) is 0 Å². The second kappa shape index (κ2) is 9.98. The van der Waals surface area contributed by atoms with Crippen LogP contribution in [-0.2, 0) is 25.6 Å². The zero-order valence-corrected chi connectivity index (χ0v) is 16.0. The molecule has 1 aromatic heterocycles. The number of imidazole rings is 1. The van der Waals surface area contributed by atoms with Crippen LogP contribution < -0.4 is 16.4 Å². The minimum atomic E-state index is -1.31. The van der Waals surface area contributed by atoms with E-state index in [4.69, 9.17) is 5.73 Å². The zero-order valence-electron chi connectivity index (χ0n) is 16.0. The topological polar surface area (TPSA) is 191 Å². The van der Waals surface area contributed by atoms with Crippen LogP contribution >= 0.6 is 0 Å². The summed E-state index contributed by atoms with van der Waals surface area (Å²) in [5, 5.41) is 23.4. The van der Waals surface area contributed by atoms with E-state index < -0.39 is 54.5 Å². The monoisotopic (exact) mass is 410 g/mol. The highest BCUT2D eigenvalue weighted by Crippen LogP contribution is 2.18. The number of aromatic amines is 1. The van der Waals surface area contributed by atoms with Gasteiger partial charge in [0.15, 0.2) is 0 Å². The van der Waals surface area contributed by atoms with Crippen molar-refractivity contribution in [1.29, 1.82) is 0 Å². The van der Waals surface area contributed by atoms with Gasteiger partial charge in [0, 0.05) is 24.9 Å². The largest absolute Gasteiger partial charge is 0.480 e. The highest BCUT2D eigenvalue weighted by molar-refractivity contribution is 5.94. The van der Waals surface area contributed by atoms with Crippen LogP contribution in [-0.4, -0.2) is 86.1 Å². The molecule has 0 aliphatic carbocycles. The third kappa shape index (κ3) is 5.74. The van der Waals surface area contributed by atoms with E-state index in [1.807, 2.05) is 0 Å². The van der Waals surface area contributed by atoms with Gasteiger partial charge in [-0.05, 0) is 19.8 Å². The molecule has 1 aromatic rings. The number of aromatic nitrogens is 2. The van der Waals surface area contributed by atoms with Gasteiger partial charge in [-0.25, -0.2) is 9.78 Å². The van der Waals surface area contributed by atoms with Gasteiger partial charge in [-0.2, -0.15) is 0 Å². The van der Waals surface area contributed by atoms with Crippen LogP contribution in [0.15, 0.2) is 12.5 Å². The van der Waals surface area contributed by atoms with Crippen molar-refractivity contribution < 1.29 is 29.4 Å². The minimum Gasteiger partial charge on any atom is -0.480 e. The van der Waals surface area contributed by atoms with Crippen molar-refractivity contribution in [2.45, 2.75) is 50.4 Å². The first-order valence-electron chi connectivity index (χ1n) is 9.22. The summed E-state index contributed by atoms with van der Waals surface area (Å²) in [7, 11) is 0. The molecule has 2 heterocycles. The maximum atomic E-state index is 12.5. The van der Waals surface area contributed by atoms with Crippen molar-refractivity contribution in [2.75, 3.05) is 13.2 Å². The number of likely N-dealkylation sites (tertiary alicyclic amines) is 1. The van der Waals surface area contributed by atoms with E-state index in [1.165, 1.54) is 24.3 Å². The lowest BCUT2D eigenvalue weighted by Crippen LogP contribution is -2.57. The third-order valence-electron chi connectivity index (χ3n) is 4.70. The van der Waals surface area contributed by atoms with E-state index in [0.29, 0.717) is 25.1 Å². The summed E-state index contributed by atoms with van der Waals surface area (Å²) < 4.78 is 0. The highest BCUT2D eigenvalue weighted by Gasteiger charge is 2.36. The summed E-state index contributed by atoms with van der Waals surface area (Å²) in [6.45, 7) is 1.01. The molecule has 0 radical (unpaired) electrons. The number of nitrogens with zero attached hydrogens (tertiary/aromatic N) is 2. The molecule has 1 saturated heterocycles. The Kier molecular flexibility index (Phi) is 7.67. The normalized spacial score (nSPS) is 19.3. The number of hydrogen-bond acceptors (Lipinski definition) is 7. The standard InChI is InChI=1S/C17H26N6O6/c1-9(16(27)23-4-2-3-13(23)17(28)29)21-15(26)12(7-24)22-14(25)11(18)5-10-6-19-8-20-10/h6,8-9,11-13,24H,2-5,7,18H2,1H3,(H,19,20)(H,21,26)(H,22,25)(H,28,29). The minimum absolute atomic E-state index is 0.159. The molecular weight excluding hydrogens is 384 g/mol. The van der Waals surface area contributed by atoms with Gasteiger partial charge < -0.3 is 36.5 Å². The maximum Gasteiger partial charge on any atom is 0.326 e. The van der Waals surface area contributed by atoms with E-state index >= 15 is 0 Å². The number of nitrogens with two attached hydrogens (primary N) is 1. The SMILES string of the molecule is CC(NC(=O)C(CO)NC(=O)C(N)Cc1cnc[nH]1)C(=O)N1CCCC1C(=O)O. The van der Waals surface area contributed by atoms with Gasteiger partial charge in [-0.3, -0.25) is 14.4 Å². The van der Waals surface area contributed by atoms with E-state index in [9.17, 15) is 29.4 Å². The Bertz CT molecular complexity index is 739. The number of aliphatic hydroxyl groups is 1. The van der Waals surface area contributed by atoms with Crippen LogP contribution in [0.25, 0.3) is 0 Å². The number of carbonyl (C=O) groups excluding carboxylic acids is 3. The molecule has 1 aliphatic heterocycles. The molecule has 12 heteroatoms. The van der Waals surface area contributed by atoms with Crippen LogP contribution in [0, 0.1) is 0 Å². The molecule has 3 amide bonds. The molecule has 0 aromatic carbocycles. The summed E-state index contributed by atoms with van der Waals surface area (Å²) in [4.78, 5) is 56.1. The Hall–Kier alpha value is -2.99. The van der Waals surface area contributed by atoms with Crippen molar-refractivity contribution in [3.05, 3.63) is 18.2 Å². The summed E-state index contributed by atoms with van der Waals surface area (Å²) in [5.74, 6) is -3.07. The Morgan fingerprint density at radius 3 is 2.66 bits per heavy atom. The lowest BCUT2D eigenvalue weighted by molar-refractivity contribution is -0.149. The molecule has 0 spiro atoms. The molecule has 7 N–H and O–H groups in total. The molecule has 0 bridgehead atoms. The summed E-state index contributed by atoms with van der Waals surface area (Å²) >= 11 is 0. The van der Waals surface area contributed by atoms with Gasteiger partial charge in [0.05, 0.1) is 19.0 Å². The molecule has 0 saturated carbocycles. The predicted octanol–water partition coefficient (Wildman–Crippen LogP) is -2.66. The van der Waals surface area contributed by atoms with Gasteiger partial charge in [0.2, 0.25) is 17.7 Å². The lowest BCUT2D eigenvalue weighted by atomic mass is 10.1. The van der Waals surface area contributed by atoms with Crippen LogP contribution in [0.4, 0.5) is 0 Å². The molecule has 4 atom stereocenters.